The summed E-state index contributed by atoms with van der Waals surface area (Å²) in [7, 11) is 0. The molecule has 1 aromatic carbocycles. The van der Waals surface area contributed by atoms with E-state index in [1.54, 1.807) is 12.2 Å². The summed E-state index contributed by atoms with van der Waals surface area (Å²) < 4.78 is 0. The van der Waals surface area contributed by atoms with Crippen molar-refractivity contribution in [3.63, 3.8) is 0 Å². The van der Waals surface area contributed by atoms with Gasteiger partial charge in [-0.3, -0.25) is 0 Å². The van der Waals surface area contributed by atoms with E-state index < -0.39 is 0 Å². The Bertz CT molecular complexity index is 508. The molecule has 2 aromatic rings. The Labute approximate surface area is 92.8 Å². The number of nitrogens with zero attached hydrogens (tertiary/aromatic N) is 1. The maximum absolute atomic E-state index is 8.68. The normalized spacial score (nSPS) is 11.3. The summed E-state index contributed by atoms with van der Waals surface area (Å²) in [6.45, 7) is 0.00313. The zero-order valence-corrected chi connectivity index (χ0v) is 8.78. The van der Waals surface area contributed by atoms with Crippen molar-refractivity contribution in [2.24, 2.45) is 0 Å². The van der Waals surface area contributed by atoms with Crippen LogP contribution in [0.4, 0.5) is 0 Å². The minimum Gasteiger partial charge on any atom is -0.392 e. The molecule has 2 nitrogen and oxygen atoms in total. The molecule has 3 heteroatoms. The van der Waals surface area contributed by atoms with Gasteiger partial charge in [-0.2, -0.15) is 0 Å². The first-order valence-corrected chi connectivity index (χ1v) is 5.02. The molecule has 2 rings (SSSR count). The standard InChI is InChI=1S/C12H10ClNO/c13-12-10(5-3-7-15)8-9-4-1-2-6-11(9)14-12/h1-6,8,15H,7H2. The van der Waals surface area contributed by atoms with Gasteiger partial charge < -0.3 is 5.11 Å². The highest BCUT2D eigenvalue weighted by Gasteiger charge is 2.00. The van der Waals surface area contributed by atoms with Gasteiger partial charge in [0.05, 0.1) is 12.1 Å². The van der Waals surface area contributed by atoms with E-state index in [4.69, 9.17) is 16.7 Å². The first kappa shape index (κ1) is 10.1. The molecule has 76 valence electrons. The third-order valence-electron chi connectivity index (χ3n) is 2.11. The number of hydrogen-bond acceptors (Lipinski definition) is 2. The second kappa shape index (κ2) is 4.43. The summed E-state index contributed by atoms with van der Waals surface area (Å²) in [6, 6.07) is 9.73. The number of para-hydroxylation sites is 1. The van der Waals surface area contributed by atoms with Crippen molar-refractivity contribution >= 4 is 28.6 Å². The summed E-state index contributed by atoms with van der Waals surface area (Å²) in [6.07, 6.45) is 3.40. The van der Waals surface area contributed by atoms with Crippen LogP contribution in [0, 0.1) is 0 Å². The topological polar surface area (TPSA) is 33.1 Å². The van der Waals surface area contributed by atoms with E-state index in [9.17, 15) is 0 Å². The SMILES string of the molecule is OCC=Cc1cc2ccccc2nc1Cl. The Kier molecular flexibility index (Phi) is 2.99. The van der Waals surface area contributed by atoms with E-state index in [2.05, 4.69) is 4.98 Å². The van der Waals surface area contributed by atoms with Crippen molar-refractivity contribution in [3.8, 4) is 0 Å². The van der Waals surface area contributed by atoms with Gasteiger partial charge >= 0.3 is 0 Å². The van der Waals surface area contributed by atoms with Crippen LogP contribution >= 0.6 is 11.6 Å². The van der Waals surface area contributed by atoms with Gasteiger partial charge in [0.2, 0.25) is 0 Å². The quantitative estimate of drug-likeness (QED) is 0.788. The molecule has 1 heterocycles. The van der Waals surface area contributed by atoms with Crippen molar-refractivity contribution in [1.82, 2.24) is 4.98 Å². The van der Waals surface area contributed by atoms with Crippen LogP contribution in [0.2, 0.25) is 5.15 Å². The number of fused-ring (bicyclic) bond motifs is 1. The minimum absolute atomic E-state index is 0.00313. The molecule has 0 aliphatic carbocycles. The van der Waals surface area contributed by atoms with Gasteiger partial charge in [-0.1, -0.05) is 42.0 Å². The smallest absolute Gasteiger partial charge is 0.136 e. The predicted octanol–water partition coefficient (Wildman–Crippen LogP) is 2.89. The molecule has 0 aliphatic heterocycles. The lowest BCUT2D eigenvalue weighted by atomic mass is 10.1. The van der Waals surface area contributed by atoms with Gasteiger partial charge in [-0.25, -0.2) is 4.98 Å². The third-order valence-corrected chi connectivity index (χ3v) is 2.41. The van der Waals surface area contributed by atoms with E-state index in [0.29, 0.717) is 5.15 Å². The highest BCUT2D eigenvalue weighted by molar-refractivity contribution is 6.31. The fourth-order valence-electron chi connectivity index (χ4n) is 1.41. The van der Waals surface area contributed by atoms with Crippen molar-refractivity contribution in [2.75, 3.05) is 6.61 Å². The van der Waals surface area contributed by atoms with Crippen molar-refractivity contribution in [2.45, 2.75) is 0 Å². The van der Waals surface area contributed by atoms with Gasteiger partial charge in [0.15, 0.2) is 0 Å². The molecule has 1 N–H and O–H groups in total. The molecule has 0 aliphatic rings. The molecular formula is C12H10ClNO. The summed E-state index contributed by atoms with van der Waals surface area (Å²) in [5.41, 5.74) is 1.70. The molecule has 0 amide bonds. The van der Waals surface area contributed by atoms with Gasteiger partial charge in [0.1, 0.15) is 5.15 Å². The van der Waals surface area contributed by atoms with E-state index in [-0.39, 0.29) is 6.61 Å². The summed E-state index contributed by atoms with van der Waals surface area (Å²) in [4.78, 5) is 4.26. The Hall–Kier alpha value is -1.38. The van der Waals surface area contributed by atoms with Crippen molar-refractivity contribution in [1.29, 1.82) is 0 Å². The molecule has 0 atom stereocenters. The van der Waals surface area contributed by atoms with E-state index in [1.165, 1.54) is 0 Å². The first-order chi connectivity index (χ1) is 7.31. The second-order valence-corrected chi connectivity index (χ2v) is 3.50. The largest absolute Gasteiger partial charge is 0.392 e. The van der Waals surface area contributed by atoms with Gasteiger partial charge in [-0.15, -0.1) is 0 Å². The van der Waals surface area contributed by atoms with Crippen molar-refractivity contribution in [3.05, 3.63) is 47.1 Å². The molecule has 15 heavy (non-hydrogen) atoms. The number of benzene rings is 1. The van der Waals surface area contributed by atoms with E-state index in [0.717, 1.165) is 16.5 Å². The van der Waals surface area contributed by atoms with Gasteiger partial charge in [0, 0.05) is 10.9 Å². The first-order valence-electron chi connectivity index (χ1n) is 4.64. The van der Waals surface area contributed by atoms with Gasteiger partial charge in [-0.05, 0) is 12.1 Å². The molecule has 0 bridgehead atoms. The molecule has 0 saturated carbocycles. The average Bonchev–Trinajstić information content (AvgIpc) is 2.26. The van der Waals surface area contributed by atoms with Crippen molar-refractivity contribution < 1.29 is 5.11 Å². The summed E-state index contributed by atoms with van der Waals surface area (Å²) >= 11 is 5.99. The Balaban J connectivity index is 2.57. The van der Waals surface area contributed by atoms with Crippen LogP contribution in [0.15, 0.2) is 36.4 Å². The Morgan fingerprint density at radius 2 is 2.13 bits per heavy atom. The second-order valence-electron chi connectivity index (χ2n) is 3.15. The predicted molar refractivity (Wildman–Crippen MR) is 62.9 cm³/mol. The number of aromatic nitrogens is 1. The number of aliphatic hydroxyl groups is 1. The number of pyridine rings is 1. The minimum atomic E-state index is 0.00313. The fraction of sp³-hybridized carbons (Fsp3) is 0.0833. The van der Waals surface area contributed by atoms with Crippen LogP contribution in [0.5, 0.6) is 0 Å². The molecule has 0 spiro atoms. The summed E-state index contributed by atoms with van der Waals surface area (Å²) in [5, 5.41) is 10.2. The summed E-state index contributed by atoms with van der Waals surface area (Å²) in [5.74, 6) is 0. The van der Waals surface area contributed by atoms with Crippen LogP contribution in [0.3, 0.4) is 0 Å². The molecular weight excluding hydrogens is 210 g/mol. The zero-order valence-electron chi connectivity index (χ0n) is 8.02. The number of halogens is 1. The van der Waals surface area contributed by atoms with Crippen LogP contribution in [-0.4, -0.2) is 16.7 Å². The zero-order chi connectivity index (χ0) is 10.7. The third kappa shape index (κ3) is 2.17. The highest BCUT2D eigenvalue weighted by atomic mass is 35.5. The molecule has 1 aromatic heterocycles. The van der Waals surface area contributed by atoms with Crippen LogP contribution < -0.4 is 0 Å². The number of rotatable bonds is 2. The fourth-order valence-corrected chi connectivity index (χ4v) is 1.61. The monoisotopic (exact) mass is 219 g/mol. The lowest BCUT2D eigenvalue weighted by Crippen LogP contribution is -1.84. The maximum atomic E-state index is 8.68. The molecule has 0 fully saturated rings. The number of hydrogen-bond donors (Lipinski definition) is 1. The van der Waals surface area contributed by atoms with E-state index >= 15 is 0 Å². The van der Waals surface area contributed by atoms with Gasteiger partial charge in [0.25, 0.3) is 0 Å². The lowest BCUT2D eigenvalue weighted by molar-refractivity contribution is 0.343. The maximum Gasteiger partial charge on any atom is 0.136 e. The highest BCUT2D eigenvalue weighted by Crippen LogP contribution is 2.21. The van der Waals surface area contributed by atoms with E-state index in [1.807, 2.05) is 30.3 Å². The lowest BCUT2D eigenvalue weighted by Gasteiger charge is -2.01. The molecule has 0 radical (unpaired) electrons. The Morgan fingerprint density at radius 3 is 2.93 bits per heavy atom. The average molecular weight is 220 g/mol. The Morgan fingerprint density at radius 1 is 1.33 bits per heavy atom. The molecule has 0 saturated heterocycles. The molecule has 0 unspecified atom stereocenters. The number of aliphatic hydroxyl groups excluding tert-OH is 1. The van der Waals surface area contributed by atoms with Crippen LogP contribution in [-0.2, 0) is 0 Å². The van der Waals surface area contributed by atoms with Crippen LogP contribution in [0.25, 0.3) is 17.0 Å². The van der Waals surface area contributed by atoms with Crippen LogP contribution in [0.1, 0.15) is 5.56 Å².